The van der Waals surface area contributed by atoms with Gasteiger partial charge in [0.15, 0.2) is 5.78 Å². The van der Waals surface area contributed by atoms with Gasteiger partial charge in [0.2, 0.25) is 0 Å². The number of aromatic nitrogens is 2. The maximum absolute atomic E-state index is 12.8. The zero-order chi connectivity index (χ0) is 27.8. The van der Waals surface area contributed by atoms with Crippen molar-refractivity contribution in [2.75, 3.05) is 26.7 Å². The van der Waals surface area contributed by atoms with E-state index in [9.17, 15) is 14.4 Å². The van der Waals surface area contributed by atoms with Gasteiger partial charge in [0.05, 0.1) is 13.7 Å². The fourth-order valence-corrected chi connectivity index (χ4v) is 4.84. The van der Waals surface area contributed by atoms with Crippen LogP contribution in [0.2, 0.25) is 0 Å². The van der Waals surface area contributed by atoms with Crippen molar-refractivity contribution in [3.05, 3.63) is 101 Å². The van der Waals surface area contributed by atoms with E-state index < -0.39 is 11.9 Å². The number of methoxy groups -OCH3 is 1. The molecule has 2 aromatic carbocycles. The van der Waals surface area contributed by atoms with E-state index in [-0.39, 0.29) is 5.78 Å². The highest BCUT2D eigenvalue weighted by Crippen LogP contribution is 2.35. The van der Waals surface area contributed by atoms with Crippen molar-refractivity contribution in [1.29, 1.82) is 0 Å². The summed E-state index contributed by atoms with van der Waals surface area (Å²) in [6.07, 6.45) is 7.90. The Morgan fingerprint density at radius 2 is 1.62 bits per heavy atom. The number of carbonyl (C=O) groups is 3. The molecule has 0 saturated carbocycles. The van der Waals surface area contributed by atoms with E-state index in [1.54, 1.807) is 13.3 Å². The van der Waals surface area contributed by atoms with Crippen molar-refractivity contribution in [2.24, 2.45) is 0 Å². The van der Waals surface area contributed by atoms with Crippen LogP contribution in [0, 0.1) is 0 Å². The Bertz CT molecular complexity index is 1380. The number of benzene rings is 2. The van der Waals surface area contributed by atoms with Crippen LogP contribution >= 0.6 is 0 Å². The van der Waals surface area contributed by atoms with Crippen LogP contribution in [-0.2, 0) is 22.6 Å². The summed E-state index contributed by atoms with van der Waals surface area (Å²) in [5, 5.41) is 15.6. The summed E-state index contributed by atoms with van der Waals surface area (Å²) in [5.74, 6) is -0.527. The maximum atomic E-state index is 12.8. The Morgan fingerprint density at radius 3 is 2.23 bits per heavy atom. The second kappa shape index (κ2) is 12.8. The number of carboxylic acid groups (broad SMARTS) is 2. The molecule has 0 unspecified atom stereocenters. The predicted molar refractivity (Wildman–Crippen MR) is 146 cm³/mol. The fourth-order valence-electron chi connectivity index (χ4n) is 4.84. The molecule has 0 radical (unpaired) electrons. The summed E-state index contributed by atoms with van der Waals surface area (Å²) in [6, 6.07) is 16.4. The Kier molecular flexibility index (Phi) is 9.06. The van der Waals surface area contributed by atoms with Gasteiger partial charge in [-0.2, -0.15) is 0 Å². The van der Waals surface area contributed by atoms with Crippen molar-refractivity contribution < 1.29 is 29.3 Å². The number of imidazole rings is 1. The first-order chi connectivity index (χ1) is 18.9. The number of ether oxygens (including phenoxy) is 1. The highest BCUT2D eigenvalue weighted by molar-refractivity contribution is 6.03. The minimum Gasteiger partial charge on any atom is -0.497 e. The molecule has 2 aliphatic rings. The van der Waals surface area contributed by atoms with Crippen LogP contribution < -0.4 is 4.74 Å². The van der Waals surface area contributed by atoms with E-state index in [1.807, 2.05) is 41.1 Å². The molecule has 0 aliphatic carbocycles. The van der Waals surface area contributed by atoms with E-state index >= 15 is 0 Å². The van der Waals surface area contributed by atoms with Crippen LogP contribution in [0.1, 0.15) is 40.2 Å². The molecule has 39 heavy (non-hydrogen) atoms. The molecule has 1 aromatic heterocycles. The number of ketones is 1. The quantitative estimate of drug-likeness (QED) is 0.461. The molecule has 3 heterocycles. The Labute approximate surface area is 226 Å². The van der Waals surface area contributed by atoms with Crippen molar-refractivity contribution in [3.8, 4) is 5.75 Å². The van der Waals surface area contributed by atoms with Gasteiger partial charge in [0.25, 0.3) is 0 Å². The first-order valence-corrected chi connectivity index (χ1v) is 12.7. The fraction of sp³-hybridized carbons (Fsp3) is 0.267. The van der Waals surface area contributed by atoms with Crippen LogP contribution in [0.15, 0.2) is 78.6 Å². The number of nitrogens with zero attached hydrogens (tertiary/aromatic N) is 3. The topological polar surface area (TPSA) is 122 Å². The predicted octanol–water partition coefficient (Wildman–Crippen LogP) is 3.94. The molecule has 3 aromatic rings. The standard InChI is InChI=1S/C26H27N3O2.C4H4O4/c1-31-21-8-6-19(7-9-21)10-14-28-15-11-20(12-16-28)25-23-5-3-2-4-22(23)24(30)18-29-17-13-27-26(25)29;5-3(6)1-2-4(7)8/h2-9,13,17H,10-12,14-16,18H2,1H3;1-2H,(H,5,6)(H,7,8)/b;2-1+. The third-order valence-corrected chi connectivity index (χ3v) is 6.81. The lowest BCUT2D eigenvalue weighted by Crippen LogP contribution is -2.33. The molecule has 1 saturated heterocycles. The molecule has 2 N–H and O–H groups in total. The molecular weight excluding hydrogens is 498 g/mol. The van der Waals surface area contributed by atoms with Crippen LogP contribution in [0.4, 0.5) is 0 Å². The van der Waals surface area contributed by atoms with E-state index in [0.29, 0.717) is 18.7 Å². The van der Waals surface area contributed by atoms with Crippen molar-refractivity contribution in [1.82, 2.24) is 14.5 Å². The summed E-state index contributed by atoms with van der Waals surface area (Å²) in [6.45, 7) is 3.48. The van der Waals surface area contributed by atoms with Gasteiger partial charge in [-0.15, -0.1) is 0 Å². The van der Waals surface area contributed by atoms with E-state index in [1.165, 1.54) is 16.7 Å². The van der Waals surface area contributed by atoms with Gasteiger partial charge in [-0.25, -0.2) is 14.6 Å². The number of carboxylic acids is 2. The molecule has 0 atom stereocenters. The Morgan fingerprint density at radius 1 is 0.974 bits per heavy atom. The molecule has 1 fully saturated rings. The second-order valence-electron chi connectivity index (χ2n) is 9.28. The zero-order valence-corrected chi connectivity index (χ0v) is 21.7. The van der Waals surface area contributed by atoms with Crippen LogP contribution in [0.3, 0.4) is 0 Å². The number of piperidine rings is 1. The molecule has 0 spiro atoms. The first-order valence-electron chi connectivity index (χ1n) is 12.7. The van der Waals surface area contributed by atoms with Gasteiger partial charge in [-0.3, -0.25) is 4.79 Å². The summed E-state index contributed by atoms with van der Waals surface area (Å²) >= 11 is 0. The minimum atomic E-state index is -1.26. The third-order valence-electron chi connectivity index (χ3n) is 6.81. The van der Waals surface area contributed by atoms with Gasteiger partial charge < -0.3 is 24.4 Å². The number of rotatable bonds is 6. The monoisotopic (exact) mass is 529 g/mol. The number of fused-ring (bicyclic) bond motifs is 2. The van der Waals surface area contributed by atoms with E-state index in [4.69, 9.17) is 14.9 Å². The van der Waals surface area contributed by atoms with Gasteiger partial charge in [0.1, 0.15) is 11.6 Å². The molecule has 0 bridgehead atoms. The Hall–Kier alpha value is -4.50. The number of likely N-dealkylation sites (tertiary alicyclic amines) is 1. The summed E-state index contributed by atoms with van der Waals surface area (Å²) < 4.78 is 7.25. The van der Waals surface area contributed by atoms with Gasteiger partial charge >= 0.3 is 11.9 Å². The molecule has 5 rings (SSSR count). The highest BCUT2D eigenvalue weighted by Gasteiger charge is 2.27. The third kappa shape index (κ3) is 7.08. The van der Waals surface area contributed by atoms with Gasteiger partial charge in [-0.1, -0.05) is 42.0 Å². The number of hydrogen-bond acceptors (Lipinski definition) is 6. The van der Waals surface area contributed by atoms with Gasteiger partial charge in [-0.05, 0) is 42.5 Å². The lowest BCUT2D eigenvalue weighted by atomic mass is 9.89. The summed E-state index contributed by atoms with van der Waals surface area (Å²) in [4.78, 5) is 39.1. The zero-order valence-electron chi connectivity index (χ0n) is 21.7. The van der Waals surface area contributed by atoms with Crippen LogP contribution in [-0.4, -0.2) is 69.1 Å². The molecule has 202 valence electrons. The lowest BCUT2D eigenvalue weighted by Gasteiger charge is -2.30. The first kappa shape index (κ1) is 27.5. The largest absolute Gasteiger partial charge is 0.497 e. The SMILES string of the molecule is COc1ccc(CCN2CCC(=C3c4ccccc4C(=O)Cn4ccnc43)CC2)cc1.O=C(O)/C=C/C(=O)O. The van der Waals surface area contributed by atoms with Crippen molar-refractivity contribution in [3.63, 3.8) is 0 Å². The normalized spacial score (nSPS) is 15.2. The average Bonchev–Trinajstić information content (AvgIpc) is 3.35. The highest BCUT2D eigenvalue weighted by atomic mass is 16.5. The minimum absolute atomic E-state index is 0.155. The second-order valence-corrected chi connectivity index (χ2v) is 9.28. The summed E-state index contributed by atoms with van der Waals surface area (Å²) in [5.41, 5.74) is 5.77. The molecule has 9 nitrogen and oxygen atoms in total. The van der Waals surface area contributed by atoms with Crippen LogP contribution in [0.5, 0.6) is 5.75 Å². The number of Topliss-reactive ketones (excluding diaryl/α,β-unsaturated/α-hetero) is 1. The van der Waals surface area contributed by atoms with Crippen molar-refractivity contribution >= 4 is 23.3 Å². The number of carbonyl (C=O) groups excluding carboxylic acids is 1. The van der Waals surface area contributed by atoms with E-state index in [2.05, 4.69) is 28.1 Å². The molecular formula is C30H31N3O6. The van der Waals surface area contributed by atoms with E-state index in [0.717, 1.165) is 61.6 Å². The number of hydrogen-bond donors (Lipinski definition) is 2. The molecule has 2 aliphatic heterocycles. The van der Waals surface area contributed by atoms with Crippen LogP contribution in [0.25, 0.3) is 5.57 Å². The lowest BCUT2D eigenvalue weighted by molar-refractivity contribution is -0.134. The smallest absolute Gasteiger partial charge is 0.328 e. The summed E-state index contributed by atoms with van der Waals surface area (Å²) in [7, 11) is 1.70. The molecule has 9 heteroatoms. The molecule has 0 amide bonds. The van der Waals surface area contributed by atoms with Crippen molar-refractivity contribution in [2.45, 2.75) is 25.8 Å². The van der Waals surface area contributed by atoms with Gasteiger partial charge in [0, 0.05) is 55.3 Å². The maximum Gasteiger partial charge on any atom is 0.328 e. The Balaban J connectivity index is 0.000000386. The average molecular weight is 530 g/mol. The number of aliphatic carboxylic acids is 2.